The number of carbonyl (C=O) groups excluding carboxylic acids is 2. The van der Waals surface area contributed by atoms with Crippen molar-refractivity contribution >= 4 is 40.0 Å². The number of allylic oxidation sites excluding steroid dienone is 1. The molecule has 2 heterocycles. The van der Waals surface area contributed by atoms with Gasteiger partial charge in [0.2, 0.25) is 5.91 Å². The van der Waals surface area contributed by atoms with Crippen LogP contribution < -0.4 is 10.1 Å². The van der Waals surface area contributed by atoms with Gasteiger partial charge < -0.3 is 14.8 Å². The van der Waals surface area contributed by atoms with E-state index in [1.165, 1.54) is 30.2 Å². The van der Waals surface area contributed by atoms with E-state index in [1.54, 1.807) is 12.1 Å². The van der Waals surface area contributed by atoms with Gasteiger partial charge in [-0.2, -0.15) is 0 Å². The highest BCUT2D eigenvalue weighted by Crippen LogP contribution is 2.30. The standard InChI is InChI=1S/C24H28N4O4S2/c1-6-11-28-21(16(4)32-17-10-8-9-15(3)12-17)26-27-24(28)33-14-20(29)25-22-19(23(30)31-5)13-18(7-2)34-22/h6,8-10,12-13,16H,1,7,11,14H2,2-5H3,(H,25,29). The maximum absolute atomic E-state index is 12.6. The molecule has 1 aromatic carbocycles. The summed E-state index contributed by atoms with van der Waals surface area (Å²) in [5, 5.41) is 12.5. The van der Waals surface area contributed by atoms with Crippen LogP contribution in [0.5, 0.6) is 5.75 Å². The van der Waals surface area contributed by atoms with E-state index in [9.17, 15) is 9.59 Å². The first kappa shape index (κ1) is 25.5. The van der Waals surface area contributed by atoms with E-state index < -0.39 is 5.97 Å². The van der Waals surface area contributed by atoms with Crippen LogP contribution in [0.15, 0.2) is 48.1 Å². The molecule has 1 N–H and O–H groups in total. The summed E-state index contributed by atoms with van der Waals surface area (Å²) in [6.07, 6.45) is 2.16. The van der Waals surface area contributed by atoms with Gasteiger partial charge in [0, 0.05) is 11.4 Å². The molecule has 2 aromatic heterocycles. The van der Waals surface area contributed by atoms with Gasteiger partial charge in [-0.05, 0) is 44.0 Å². The van der Waals surface area contributed by atoms with E-state index >= 15 is 0 Å². The molecule has 1 unspecified atom stereocenters. The molecule has 180 valence electrons. The molecule has 3 rings (SSSR count). The van der Waals surface area contributed by atoms with Crippen molar-refractivity contribution in [1.29, 1.82) is 0 Å². The first-order chi connectivity index (χ1) is 16.4. The Morgan fingerprint density at radius 1 is 1.32 bits per heavy atom. The summed E-state index contributed by atoms with van der Waals surface area (Å²) in [4.78, 5) is 25.7. The van der Waals surface area contributed by atoms with E-state index in [1.807, 2.05) is 49.6 Å². The summed E-state index contributed by atoms with van der Waals surface area (Å²) in [6, 6.07) is 9.55. The van der Waals surface area contributed by atoms with Crippen LogP contribution in [0.3, 0.4) is 0 Å². The number of carbonyl (C=O) groups is 2. The molecule has 0 fully saturated rings. The fourth-order valence-electron chi connectivity index (χ4n) is 3.22. The van der Waals surface area contributed by atoms with Crippen molar-refractivity contribution in [3.05, 3.63) is 64.8 Å². The second kappa shape index (κ2) is 11.8. The average molecular weight is 501 g/mol. The van der Waals surface area contributed by atoms with Gasteiger partial charge in [-0.25, -0.2) is 4.79 Å². The Bertz CT molecular complexity index is 1170. The van der Waals surface area contributed by atoms with Crippen LogP contribution >= 0.6 is 23.1 Å². The number of esters is 1. The predicted molar refractivity (Wildman–Crippen MR) is 135 cm³/mol. The molecule has 0 aliphatic carbocycles. The highest BCUT2D eigenvalue weighted by molar-refractivity contribution is 7.99. The number of aromatic nitrogens is 3. The molecule has 0 bridgehead atoms. The monoisotopic (exact) mass is 500 g/mol. The number of thioether (sulfide) groups is 1. The van der Waals surface area contributed by atoms with Crippen molar-refractivity contribution in [2.45, 2.75) is 45.0 Å². The number of aryl methyl sites for hydroxylation is 2. The topological polar surface area (TPSA) is 95.3 Å². The number of ether oxygens (including phenoxy) is 2. The van der Waals surface area contributed by atoms with Crippen LogP contribution in [-0.4, -0.2) is 39.5 Å². The highest BCUT2D eigenvalue weighted by atomic mass is 32.2. The van der Waals surface area contributed by atoms with Crippen molar-refractivity contribution < 1.29 is 19.1 Å². The highest BCUT2D eigenvalue weighted by Gasteiger charge is 2.21. The Labute approximate surface area is 207 Å². The second-order valence-electron chi connectivity index (χ2n) is 7.45. The Hall–Kier alpha value is -3.11. The number of hydrogen-bond acceptors (Lipinski definition) is 8. The van der Waals surface area contributed by atoms with Crippen molar-refractivity contribution in [1.82, 2.24) is 14.8 Å². The second-order valence-corrected chi connectivity index (χ2v) is 9.53. The van der Waals surface area contributed by atoms with Gasteiger partial charge in [-0.3, -0.25) is 9.36 Å². The molecule has 0 saturated heterocycles. The normalized spacial score (nSPS) is 11.6. The summed E-state index contributed by atoms with van der Waals surface area (Å²) < 4.78 is 12.8. The van der Waals surface area contributed by atoms with E-state index in [0.717, 1.165) is 22.6 Å². The lowest BCUT2D eigenvalue weighted by atomic mass is 10.2. The van der Waals surface area contributed by atoms with Gasteiger partial charge in [-0.15, -0.1) is 28.1 Å². The number of nitrogens with zero attached hydrogens (tertiary/aromatic N) is 3. The summed E-state index contributed by atoms with van der Waals surface area (Å²) in [7, 11) is 1.32. The lowest BCUT2D eigenvalue weighted by Gasteiger charge is -2.16. The Kier molecular flexibility index (Phi) is 8.89. The van der Waals surface area contributed by atoms with Crippen LogP contribution in [0.25, 0.3) is 0 Å². The van der Waals surface area contributed by atoms with E-state index in [4.69, 9.17) is 9.47 Å². The molecule has 1 atom stereocenters. The first-order valence-corrected chi connectivity index (χ1v) is 12.6. The molecule has 34 heavy (non-hydrogen) atoms. The van der Waals surface area contributed by atoms with Crippen LogP contribution in [0.2, 0.25) is 0 Å². The molecular formula is C24H28N4O4S2. The number of anilines is 1. The third kappa shape index (κ3) is 6.27. The summed E-state index contributed by atoms with van der Waals surface area (Å²) in [6.45, 7) is 10.2. The average Bonchev–Trinajstić information content (AvgIpc) is 3.41. The fourth-order valence-corrected chi connectivity index (χ4v) is 4.97. The van der Waals surface area contributed by atoms with Crippen molar-refractivity contribution in [3.63, 3.8) is 0 Å². The maximum atomic E-state index is 12.6. The Balaban J connectivity index is 1.69. The molecule has 3 aromatic rings. The molecule has 0 saturated carbocycles. The molecule has 0 radical (unpaired) electrons. The first-order valence-electron chi connectivity index (χ1n) is 10.8. The minimum Gasteiger partial charge on any atom is -0.483 e. The third-order valence-corrected chi connectivity index (χ3v) is 7.01. The Morgan fingerprint density at radius 3 is 2.79 bits per heavy atom. The minimum atomic E-state index is -0.475. The smallest absolute Gasteiger partial charge is 0.340 e. The number of hydrogen-bond donors (Lipinski definition) is 1. The molecule has 8 nitrogen and oxygen atoms in total. The van der Waals surface area contributed by atoms with Gasteiger partial charge in [-0.1, -0.05) is 36.9 Å². The molecular weight excluding hydrogens is 472 g/mol. The number of rotatable bonds is 11. The van der Waals surface area contributed by atoms with Gasteiger partial charge in [0.1, 0.15) is 10.8 Å². The van der Waals surface area contributed by atoms with Crippen molar-refractivity contribution in [2.24, 2.45) is 0 Å². The van der Waals surface area contributed by atoms with Crippen LogP contribution in [0.1, 0.15) is 46.6 Å². The quantitative estimate of drug-likeness (QED) is 0.223. The minimum absolute atomic E-state index is 0.0996. The number of thiophene rings is 1. The number of methoxy groups -OCH3 is 1. The van der Waals surface area contributed by atoms with Gasteiger partial charge in [0.25, 0.3) is 0 Å². The van der Waals surface area contributed by atoms with Crippen molar-refractivity contribution in [3.8, 4) is 5.75 Å². The summed E-state index contributed by atoms with van der Waals surface area (Å²) >= 11 is 2.63. The lowest BCUT2D eigenvalue weighted by molar-refractivity contribution is -0.113. The SMILES string of the molecule is C=CCn1c(SCC(=O)Nc2sc(CC)cc2C(=O)OC)nnc1C(C)Oc1cccc(C)c1. The summed E-state index contributed by atoms with van der Waals surface area (Å²) in [5.41, 5.74) is 1.47. The van der Waals surface area contributed by atoms with Crippen molar-refractivity contribution in [2.75, 3.05) is 18.2 Å². The number of amides is 1. The zero-order valence-corrected chi connectivity index (χ0v) is 21.3. The number of benzene rings is 1. The van der Waals surface area contributed by atoms with E-state index in [-0.39, 0.29) is 17.8 Å². The molecule has 1 amide bonds. The van der Waals surface area contributed by atoms with Crippen LogP contribution in [-0.2, 0) is 22.5 Å². The molecule has 0 aliphatic rings. The Morgan fingerprint density at radius 2 is 2.12 bits per heavy atom. The predicted octanol–water partition coefficient (Wildman–Crippen LogP) is 5.05. The molecule has 10 heteroatoms. The van der Waals surface area contributed by atoms with E-state index in [2.05, 4.69) is 22.1 Å². The zero-order valence-electron chi connectivity index (χ0n) is 19.7. The van der Waals surface area contributed by atoms with Crippen LogP contribution in [0, 0.1) is 6.92 Å². The zero-order chi connectivity index (χ0) is 24.7. The third-order valence-electron chi connectivity index (χ3n) is 4.85. The summed E-state index contributed by atoms with van der Waals surface area (Å²) in [5.74, 6) is 0.763. The fraction of sp³-hybridized carbons (Fsp3) is 0.333. The van der Waals surface area contributed by atoms with Crippen LogP contribution in [0.4, 0.5) is 5.00 Å². The molecule has 0 aliphatic heterocycles. The van der Waals surface area contributed by atoms with Gasteiger partial charge in [0.15, 0.2) is 17.1 Å². The van der Waals surface area contributed by atoms with Gasteiger partial charge in [0.05, 0.1) is 18.4 Å². The van der Waals surface area contributed by atoms with E-state index in [0.29, 0.717) is 28.1 Å². The number of nitrogens with one attached hydrogen (secondary N) is 1. The maximum Gasteiger partial charge on any atom is 0.340 e. The lowest BCUT2D eigenvalue weighted by Crippen LogP contribution is -2.16. The largest absolute Gasteiger partial charge is 0.483 e. The van der Waals surface area contributed by atoms with Gasteiger partial charge >= 0.3 is 5.97 Å². The molecule has 0 spiro atoms.